The fourth-order valence-electron chi connectivity index (χ4n) is 3.14. The number of fused-ring (bicyclic) bond motifs is 1. The van der Waals surface area contributed by atoms with Crippen molar-refractivity contribution in [3.63, 3.8) is 0 Å². The van der Waals surface area contributed by atoms with E-state index in [9.17, 15) is 17.6 Å². The number of aromatic nitrogens is 2. The van der Waals surface area contributed by atoms with E-state index in [0.717, 1.165) is 10.9 Å². The molecule has 0 unspecified atom stereocenters. The second-order valence-corrected chi connectivity index (χ2v) is 7.56. The van der Waals surface area contributed by atoms with E-state index in [1.54, 1.807) is 44.2 Å². The van der Waals surface area contributed by atoms with Gasteiger partial charge in [-0.05, 0) is 55.2 Å². The molecule has 0 bridgehead atoms. The average molecular weight is 376 g/mol. The Morgan fingerprint density at radius 1 is 0.926 bits per heavy atom. The zero-order valence-corrected chi connectivity index (χ0v) is 15.6. The van der Waals surface area contributed by atoms with Crippen LogP contribution in [-0.2, 0) is 6.42 Å². The zero-order chi connectivity index (χ0) is 20.0. The molecule has 27 heavy (non-hydrogen) atoms. The Labute approximate surface area is 155 Å². The number of alkyl halides is 3. The normalized spacial score (nSPS) is 12.6. The summed E-state index contributed by atoms with van der Waals surface area (Å²) in [5.74, 6) is -0.256. The molecule has 0 fully saturated rings. The van der Waals surface area contributed by atoms with Crippen LogP contribution in [0.2, 0.25) is 0 Å². The number of rotatable bonds is 3. The Bertz CT molecular complexity index is 984. The van der Waals surface area contributed by atoms with E-state index >= 15 is 0 Å². The fraction of sp³-hybridized carbons (Fsp3) is 0.333. The summed E-state index contributed by atoms with van der Waals surface area (Å²) in [6.07, 6.45) is -3.05. The van der Waals surface area contributed by atoms with Gasteiger partial charge in [0.2, 0.25) is 0 Å². The topological polar surface area (TPSA) is 25.8 Å². The van der Waals surface area contributed by atoms with E-state index in [4.69, 9.17) is 0 Å². The number of hydrogen-bond donors (Lipinski definition) is 0. The van der Waals surface area contributed by atoms with Crippen molar-refractivity contribution in [3.8, 4) is 11.3 Å². The smallest absolute Gasteiger partial charge is 0.236 e. The number of nitrogens with zero attached hydrogens (tertiary/aromatic N) is 2. The van der Waals surface area contributed by atoms with Gasteiger partial charge in [0.25, 0.3) is 0 Å². The second-order valence-electron chi connectivity index (χ2n) is 7.56. The van der Waals surface area contributed by atoms with E-state index in [-0.39, 0.29) is 12.2 Å². The molecule has 0 aliphatic heterocycles. The third kappa shape index (κ3) is 3.66. The van der Waals surface area contributed by atoms with Crippen LogP contribution >= 0.6 is 0 Å². The van der Waals surface area contributed by atoms with Crippen LogP contribution in [-0.4, -0.2) is 16.1 Å². The van der Waals surface area contributed by atoms with Gasteiger partial charge in [0.1, 0.15) is 12.1 Å². The molecule has 6 heteroatoms. The van der Waals surface area contributed by atoms with Gasteiger partial charge in [0, 0.05) is 10.9 Å². The van der Waals surface area contributed by atoms with Crippen LogP contribution in [0.3, 0.4) is 0 Å². The highest BCUT2D eigenvalue weighted by Gasteiger charge is 2.46. The standard InChI is InChI=1S/C21H20F4N2/c1-12-7-15(8-13(2)18(12)22)19-16-6-5-14(9-17(16)26-11-27-19)10-20(3,4)21(23,24)25/h5-9,11H,10H2,1-4H3. The summed E-state index contributed by atoms with van der Waals surface area (Å²) in [4.78, 5) is 8.54. The van der Waals surface area contributed by atoms with Gasteiger partial charge in [-0.3, -0.25) is 0 Å². The monoisotopic (exact) mass is 376 g/mol. The Balaban J connectivity index is 2.07. The highest BCUT2D eigenvalue weighted by molar-refractivity contribution is 5.92. The first-order chi connectivity index (χ1) is 12.5. The Morgan fingerprint density at radius 2 is 1.56 bits per heavy atom. The maximum Gasteiger partial charge on any atom is 0.394 e. The van der Waals surface area contributed by atoms with Crippen LogP contribution in [0, 0.1) is 25.1 Å². The molecule has 0 spiro atoms. The molecule has 0 radical (unpaired) electrons. The average Bonchev–Trinajstić information content (AvgIpc) is 2.57. The van der Waals surface area contributed by atoms with E-state index in [2.05, 4.69) is 9.97 Å². The minimum absolute atomic E-state index is 0.138. The van der Waals surface area contributed by atoms with Crippen molar-refractivity contribution in [2.75, 3.05) is 0 Å². The lowest BCUT2D eigenvalue weighted by molar-refractivity contribution is -0.211. The molecule has 0 N–H and O–H groups in total. The molecular weight excluding hydrogens is 356 g/mol. The summed E-state index contributed by atoms with van der Waals surface area (Å²) in [5, 5.41) is 0.719. The molecule has 0 aliphatic carbocycles. The van der Waals surface area contributed by atoms with Crippen molar-refractivity contribution in [1.29, 1.82) is 0 Å². The van der Waals surface area contributed by atoms with Crippen molar-refractivity contribution in [3.05, 3.63) is 59.2 Å². The number of aryl methyl sites for hydroxylation is 2. The first-order valence-corrected chi connectivity index (χ1v) is 8.57. The summed E-state index contributed by atoms with van der Waals surface area (Å²) >= 11 is 0. The SMILES string of the molecule is Cc1cc(-c2ncnc3cc(CC(C)(C)C(F)(F)F)ccc23)cc(C)c1F. The van der Waals surface area contributed by atoms with Crippen molar-refractivity contribution in [2.45, 2.75) is 40.3 Å². The summed E-state index contributed by atoms with van der Waals surface area (Å²) < 4.78 is 53.4. The van der Waals surface area contributed by atoms with E-state index < -0.39 is 11.6 Å². The highest BCUT2D eigenvalue weighted by Crippen LogP contribution is 2.40. The number of halogens is 4. The predicted octanol–water partition coefficient (Wildman–Crippen LogP) is 6.18. The number of benzene rings is 2. The van der Waals surface area contributed by atoms with Crippen molar-refractivity contribution in [2.24, 2.45) is 5.41 Å². The van der Waals surface area contributed by atoms with Gasteiger partial charge >= 0.3 is 6.18 Å². The highest BCUT2D eigenvalue weighted by atomic mass is 19.4. The Morgan fingerprint density at radius 3 is 2.15 bits per heavy atom. The first-order valence-electron chi connectivity index (χ1n) is 8.57. The summed E-state index contributed by atoms with van der Waals surface area (Å²) in [7, 11) is 0. The summed E-state index contributed by atoms with van der Waals surface area (Å²) in [6.45, 7) is 5.75. The summed E-state index contributed by atoms with van der Waals surface area (Å²) in [5.41, 5.74) is 1.70. The van der Waals surface area contributed by atoms with E-state index in [0.29, 0.717) is 27.9 Å². The predicted molar refractivity (Wildman–Crippen MR) is 97.9 cm³/mol. The lowest BCUT2D eigenvalue weighted by atomic mass is 9.85. The summed E-state index contributed by atoms with van der Waals surface area (Å²) in [6, 6.07) is 8.50. The molecule has 2 aromatic carbocycles. The van der Waals surface area contributed by atoms with Crippen LogP contribution in [0.1, 0.15) is 30.5 Å². The minimum atomic E-state index is -4.29. The van der Waals surface area contributed by atoms with Gasteiger partial charge in [-0.1, -0.05) is 26.0 Å². The Hall–Kier alpha value is -2.50. The molecule has 0 atom stereocenters. The van der Waals surface area contributed by atoms with Crippen molar-refractivity contribution >= 4 is 10.9 Å². The second kappa shape index (κ2) is 6.59. The molecule has 0 aliphatic rings. The zero-order valence-electron chi connectivity index (χ0n) is 15.6. The Kier molecular flexibility index (Phi) is 4.70. The van der Waals surface area contributed by atoms with Crippen molar-refractivity contribution in [1.82, 2.24) is 9.97 Å². The van der Waals surface area contributed by atoms with Gasteiger partial charge in [-0.2, -0.15) is 13.2 Å². The van der Waals surface area contributed by atoms with Crippen LogP contribution in [0.15, 0.2) is 36.7 Å². The third-order valence-electron chi connectivity index (χ3n) is 4.82. The van der Waals surface area contributed by atoms with Crippen LogP contribution in [0.5, 0.6) is 0 Å². The first kappa shape index (κ1) is 19.3. The van der Waals surface area contributed by atoms with Gasteiger partial charge < -0.3 is 0 Å². The lowest BCUT2D eigenvalue weighted by Crippen LogP contribution is -2.34. The van der Waals surface area contributed by atoms with Gasteiger partial charge in [0.15, 0.2) is 0 Å². The van der Waals surface area contributed by atoms with Gasteiger partial charge in [0.05, 0.1) is 16.6 Å². The van der Waals surface area contributed by atoms with Crippen LogP contribution in [0.4, 0.5) is 17.6 Å². The minimum Gasteiger partial charge on any atom is -0.236 e. The molecule has 0 saturated heterocycles. The maximum absolute atomic E-state index is 13.9. The van der Waals surface area contributed by atoms with E-state index in [1.807, 2.05) is 0 Å². The molecule has 2 nitrogen and oxygen atoms in total. The van der Waals surface area contributed by atoms with Gasteiger partial charge in [-0.15, -0.1) is 0 Å². The number of hydrogen-bond acceptors (Lipinski definition) is 2. The fourth-order valence-corrected chi connectivity index (χ4v) is 3.14. The van der Waals surface area contributed by atoms with Crippen molar-refractivity contribution < 1.29 is 17.6 Å². The molecule has 0 saturated carbocycles. The largest absolute Gasteiger partial charge is 0.394 e. The molecule has 3 aromatic rings. The van der Waals surface area contributed by atoms with Crippen LogP contribution < -0.4 is 0 Å². The van der Waals surface area contributed by atoms with E-state index in [1.165, 1.54) is 20.2 Å². The van der Waals surface area contributed by atoms with Gasteiger partial charge in [-0.25, -0.2) is 14.4 Å². The third-order valence-corrected chi connectivity index (χ3v) is 4.82. The molecular formula is C21H20F4N2. The molecule has 0 amide bonds. The molecule has 142 valence electrons. The maximum atomic E-state index is 13.9. The molecule has 1 aromatic heterocycles. The molecule has 1 heterocycles. The quantitative estimate of drug-likeness (QED) is 0.510. The van der Waals surface area contributed by atoms with Crippen LogP contribution in [0.25, 0.3) is 22.2 Å². The molecule has 3 rings (SSSR count). The lowest BCUT2D eigenvalue weighted by Gasteiger charge is -2.27.